The fourth-order valence-electron chi connectivity index (χ4n) is 1.34. The number of hydrogen-bond donors (Lipinski definition) is 1. The first kappa shape index (κ1) is 11.1. The van der Waals surface area contributed by atoms with Crippen LogP contribution in [0.25, 0.3) is 0 Å². The van der Waals surface area contributed by atoms with Gasteiger partial charge in [0.2, 0.25) is 0 Å². The molecule has 2 N–H and O–H groups in total. The van der Waals surface area contributed by atoms with E-state index in [9.17, 15) is 0 Å². The summed E-state index contributed by atoms with van der Waals surface area (Å²) in [5.41, 5.74) is 7.23. The number of halogens is 2. The summed E-state index contributed by atoms with van der Waals surface area (Å²) >= 11 is 10.9. The highest BCUT2D eigenvalue weighted by Crippen LogP contribution is 2.36. The van der Waals surface area contributed by atoms with Crippen LogP contribution in [-0.2, 0) is 0 Å². The van der Waals surface area contributed by atoms with E-state index in [2.05, 4.69) is 15.9 Å². The number of rotatable bonds is 2. The minimum Gasteiger partial charge on any atom is -0.320 e. The number of thiophene rings is 1. The van der Waals surface area contributed by atoms with Gasteiger partial charge in [-0.2, -0.15) is 0 Å². The van der Waals surface area contributed by atoms with E-state index in [0.29, 0.717) is 0 Å². The van der Waals surface area contributed by atoms with Gasteiger partial charge >= 0.3 is 0 Å². The SMILES string of the molecule is NC(c1ccccc1)c1cc(Cl)c(Br)s1. The van der Waals surface area contributed by atoms with Crippen molar-refractivity contribution < 1.29 is 0 Å². The third kappa shape index (κ3) is 2.42. The van der Waals surface area contributed by atoms with Crippen molar-refractivity contribution in [3.8, 4) is 0 Å². The van der Waals surface area contributed by atoms with Gasteiger partial charge < -0.3 is 5.73 Å². The Labute approximate surface area is 106 Å². The number of benzene rings is 1. The van der Waals surface area contributed by atoms with Crippen molar-refractivity contribution in [2.75, 3.05) is 0 Å². The molecule has 0 fully saturated rings. The minimum atomic E-state index is -0.0972. The molecule has 78 valence electrons. The maximum Gasteiger partial charge on any atom is 0.0888 e. The van der Waals surface area contributed by atoms with E-state index in [1.807, 2.05) is 36.4 Å². The zero-order chi connectivity index (χ0) is 10.8. The monoisotopic (exact) mass is 301 g/mol. The van der Waals surface area contributed by atoms with Crippen molar-refractivity contribution in [3.63, 3.8) is 0 Å². The zero-order valence-corrected chi connectivity index (χ0v) is 10.9. The second kappa shape index (κ2) is 4.66. The Morgan fingerprint density at radius 3 is 2.47 bits per heavy atom. The van der Waals surface area contributed by atoms with E-state index in [4.69, 9.17) is 17.3 Å². The van der Waals surface area contributed by atoms with E-state index >= 15 is 0 Å². The average Bonchev–Trinajstić information content (AvgIpc) is 2.59. The molecule has 0 bridgehead atoms. The molecule has 2 rings (SSSR count). The molecule has 1 atom stereocenters. The first-order valence-electron chi connectivity index (χ1n) is 4.43. The van der Waals surface area contributed by atoms with Gasteiger partial charge in [0, 0.05) is 4.88 Å². The molecule has 0 amide bonds. The molecule has 1 nitrogen and oxygen atoms in total. The molecule has 0 aliphatic carbocycles. The molecule has 1 aromatic heterocycles. The highest BCUT2D eigenvalue weighted by Gasteiger charge is 2.13. The Kier molecular flexibility index (Phi) is 3.46. The first-order valence-corrected chi connectivity index (χ1v) is 6.42. The van der Waals surface area contributed by atoms with E-state index < -0.39 is 0 Å². The van der Waals surface area contributed by atoms with E-state index in [-0.39, 0.29) is 6.04 Å². The lowest BCUT2D eigenvalue weighted by molar-refractivity contribution is 0.894. The second-order valence-electron chi connectivity index (χ2n) is 3.16. The largest absolute Gasteiger partial charge is 0.320 e. The number of nitrogens with two attached hydrogens (primary N) is 1. The van der Waals surface area contributed by atoms with Crippen LogP contribution in [0.4, 0.5) is 0 Å². The summed E-state index contributed by atoms with van der Waals surface area (Å²) in [4.78, 5) is 1.07. The molecule has 0 spiro atoms. The van der Waals surface area contributed by atoms with Crippen LogP contribution in [0.5, 0.6) is 0 Å². The average molecular weight is 303 g/mol. The van der Waals surface area contributed by atoms with E-state index in [1.54, 1.807) is 11.3 Å². The first-order chi connectivity index (χ1) is 7.18. The molecule has 1 unspecified atom stereocenters. The Morgan fingerprint density at radius 2 is 1.93 bits per heavy atom. The van der Waals surface area contributed by atoms with Crippen LogP contribution in [0.15, 0.2) is 40.2 Å². The highest BCUT2D eigenvalue weighted by molar-refractivity contribution is 9.11. The lowest BCUT2D eigenvalue weighted by Gasteiger charge is -2.08. The molecule has 0 saturated heterocycles. The molecule has 1 aromatic carbocycles. The summed E-state index contributed by atoms with van der Waals surface area (Å²) in [5.74, 6) is 0. The molecule has 0 saturated carbocycles. The van der Waals surface area contributed by atoms with Gasteiger partial charge in [0.15, 0.2) is 0 Å². The van der Waals surface area contributed by atoms with Gasteiger partial charge in [0.05, 0.1) is 14.9 Å². The van der Waals surface area contributed by atoms with Gasteiger partial charge in [-0.25, -0.2) is 0 Å². The molecule has 1 heterocycles. The zero-order valence-electron chi connectivity index (χ0n) is 7.78. The van der Waals surface area contributed by atoms with Crippen molar-refractivity contribution in [1.82, 2.24) is 0 Å². The van der Waals surface area contributed by atoms with Gasteiger partial charge in [0.1, 0.15) is 0 Å². The fraction of sp³-hybridized carbons (Fsp3) is 0.0909. The van der Waals surface area contributed by atoms with E-state index in [1.165, 1.54) is 0 Å². The lowest BCUT2D eigenvalue weighted by atomic mass is 10.1. The Bertz CT molecular complexity index is 435. The van der Waals surface area contributed by atoms with Gasteiger partial charge in [-0.3, -0.25) is 0 Å². The van der Waals surface area contributed by atoms with Crippen LogP contribution in [0.1, 0.15) is 16.5 Å². The van der Waals surface area contributed by atoms with Gasteiger partial charge in [0.25, 0.3) is 0 Å². The van der Waals surface area contributed by atoms with Crippen molar-refractivity contribution in [2.24, 2.45) is 5.73 Å². The Balaban J connectivity index is 2.32. The molecule has 2 aromatic rings. The Hall–Kier alpha value is -0.350. The van der Waals surface area contributed by atoms with Gasteiger partial charge in [-0.15, -0.1) is 11.3 Å². The van der Waals surface area contributed by atoms with Crippen LogP contribution in [0.2, 0.25) is 5.02 Å². The quantitative estimate of drug-likeness (QED) is 0.883. The predicted molar refractivity (Wildman–Crippen MR) is 69.5 cm³/mol. The van der Waals surface area contributed by atoms with Crippen molar-refractivity contribution in [2.45, 2.75) is 6.04 Å². The molecular formula is C11H9BrClNS. The van der Waals surface area contributed by atoms with Crippen LogP contribution in [0.3, 0.4) is 0 Å². The van der Waals surface area contributed by atoms with Crippen molar-refractivity contribution >= 4 is 38.9 Å². The smallest absolute Gasteiger partial charge is 0.0888 e. The Morgan fingerprint density at radius 1 is 1.27 bits per heavy atom. The second-order valence-corrected chi connectivity index (χ2v) is 5.97. The topological polar surface area (TPSA) is 26.0 Å². The molecule has 15 heavy (non-hydrogen) atoms. The molecular weight excluding hydrogens is 294 g/mol. The van der Waals surface area contributed by atoms with Gasteiger partial charge in [-0.05, 0) is 27.6 Å². The standard InChI is InChI=1S/C11H9BrClNS/c12-11-8(13)6-9(15-11)10(14)7-4-2-1-3-5-7/h1-6,10H,14H2. The fourth-order valence-corrected chi connectivity index (χ4v) is 3.12. The highest BCUT2D eigenvalue weighted by atomic mass is 79.9. The third-order valence-electron chi connectivity index (χ3n) is 2.13. The summed E-state index contributed by atoms with van der Waals surface area (Å²) in [6.45, 7) is 0. The summed E-state index contributed by atoms with van der Waals surface area (Å²) < 4.78 is 0.936. The predicted octanol–water partition coefficient (Wildman–Crippen LogP) is 4.21. The molecule has 4 heteroatoms. The number of hydrogen-bond acceptors (Lipinski definition) is 2. The van der Waals surface area contributed by atoms with Gasteiger partial charge in [-0.1, -0.05) is 41.9 Å². The third-order valence-corrected chi connectivity index (χ3v) is 4.69. The van der Waals surface area contributed by atoms with Crippen molar-refractivity contribution in [1.29, 1.82) is 0 Å². The summed E-state index contributed by atoms with van der Waals surface area (Å²) in [5, 5.41) is 0.724. The van der Waals surface area contributed by atoms with Crippen LogP contribution in [0, 0.1) is 0 Å². The maximum absolute atomic E-state index is 6.13. The lowest BCUT2D eigenvalue weighted by Crippen LogP contribution is -2.09. The maximum atomic E-state index is 6.13. The summed E-state index contributed by atoms with van der Waals surface area (Å²) in [7, 11) is 0. The van der Waals surface area contributed by atoms with Crippen LogP contribution in [-0.4, -0.2) is 0 Å². The van der Waals surface area contributed by atoms with E-state index in [0.717, 1.165) is 19.2 Å². The molecule has 0 aliphatic rings. The van der Waals surface area contributed by atoms with Crippen LogP contribution < -0.4 is 5.73 Å². The van der Waals surface area contributed by atoms with Crippen LogP contribution >= 0.6 is 38.9 Å². The minimum absolute atomic E-state index is 0.0972. The van der Waals surface area contributed by atoms with Crippen molar-refractivity contribution in [3.05, 3.63) is 55.6 Å². The summed E-state index contributed by atoms with van der Waals surface area (Å²) in [6, 6.07) is 11.8. The molecule has 0 radical (unpaired) electrons. The normalized spacial score (nSPS) is 12.7. The molecule has 0 aliphatic heterocycles. The summed E-state index contributed by atoms with van der Waals surface area (Å²) in [6.07, 6.45) is 0.